The third kappa shape index (κ3) is 15.6. The molecule has 0 N–H and O–H groups in total. The molecule has 0 rings (SSSR count). The molecule has 0 heterocycles. The molecule has 0 aliphatic carbocycles. The molecular weight excluding hydrogens is 252 g/mol. The average molecular weight is 277 g/mol. The van der Waals surface area contributed by atoms with Crippen LogP contribution in [0.5, 0.6) is 0 Å². The van der Waals surface area contributed by atoms with E-state index < -0.39 is 10.1 Å². The zero-order chi connectivity index (χ0) is 13.7. The quantitative estimate of drug-likeness (QED) is 0.383. The highest BCUT2D eigenvalue weighted by molar-refractivity contribution is 7.85. The van der Waals surface area contributed by atoms with Gasteiger partial charge in [0.05, 0.1) is 12.9 Å². The van der Waals surface area contributed by atoms with E-state index in [2.05, 4.69) is 4.18 Å². The van der Waals surface area contributed by atoms with Gasteiger partial charge in [-0.1, -0.05) is 44.9 Å². The summed E-state index contributed by atoms with van der Waals surface area (Å²) in [7, 11) is -3.26. The van der Waals surface area contributed by atoms with E-state index in [-0.39, 0.29) is 0 Å². The minimum atomic E-state index is -3.26. The number of hydrogen-bond donors (Lipinski definition) is 0. The monoisotopic (exact) mass is 277 g/mol. The van der Waals surface area contributed by atoms with E-state index in [1.165, 1.54) is 25.7 Å². The second-order valence-corrected chi connectivity index (χ2v) is 6.25. The van der Waals surface area contributed by atoms with E-state index in [9.17, 15) is 13.2 Å². The van der Waals surface area contributed by atoms with Gasteiger partial charge in [0.25, 0.3) is 10.1 Å². The van der Waals surface area contributed by atoms with Gasteiger partial charge in [0, 0.05) is 6.42 Å². The zero-order valence-corrected chi connectivity index (χ0v) is 12.1. The number of rotatable bonds is 13. The molecule has 0 amide bonds. The van der Waals surface area contributed by atoms with Crippen LogP contribution in [0.15, 0.2) is 0 Å². The van der Waals surface area contributed by atoms with E-state index in [1.54, 1.807) is 0 Å². The van der Waals surface area contributed by atoms with Gasteiger partial charge in [-0.3, -0.25) is 8.98 Å². The van der Waals surface area contributed by atoms with Crippen molar-refractivity contribution in [1.82, 2.24) is 0 Å². The summed E-state index contributed by atoms with van der Waals surface area (Å²) in [4.78, 5) is 9.95. The predicted octanol–water partition coefficient (Wildman–Crippen LogP) is 2.97. The van der Waals surface area contributed by atoms with Crippen molar-refractivity contribution in [2.75, 3.05) is 12.9 Å². The van der Waals surface area contributed by atoms with Crippen molar-refractivity contribution in [2.45, 2.75) is 64.2 Å². The number of carbonyl (C=O) groups excluding carboxylic acids is 1. The van der Waals surface area contributed by atoms with Gasteiger partial charge in [-0.05, 0) is 12.8 Å². The van der Waals surface area contributed by atoms with Gasteiger partial charge in [-0.25, -0.2) is 0 Å². The Balaban J connectivity index is 3.05. The number of hydrogen-bond acceptors (Lipinski definition) is 4. The Morgan fingerprint density at radius 1 is 0.833 bits per heavy atom. The molecule has 1 radical (unpaired) electrons. The van der Waals surface area contributed by atoms with Gasteiger partial charge in [0.1, 0.15) is 0 Å². The summed E-state index contributed by atoms with van der Waals surface area (Å²) in [6.07, 6.45) is 13.4. The predicted molar refractivity (Wildman–Crippen MR) is 72.7 cm³/mol. The highest BCUT2D eigenvalue weighted by Gasteiger charge is 2.00. The standard InChI is InChI=1S/C13H25O4S/c1-18(15,16)17-13-11-9-7-5-3-2-4-6-8-10-12-14/h2-11,13H2,1H3. The van der Waals surface area contributed by atoms with E-state index in [1.807, 2.05) is 6.29 Å². The highest BCUT2D eigenvalue weighted by Crippen LogP contribution is 2.10. The smallest absolute Gasteiger partial charge is 0.264 e. The van der Waals surface area contributed by atoms with E-state index in [0.717, 1.165) is 38.4 Å². The van der Waals surface area contributed by atoms with E-state index in [0.29, 0.717) is 13.0 Å². The van der Waals surface area contributed by atoms with Gasteiger partial charge in [0.2, 0.25) is 0 Å². The summed E-state index contributed by atoms with van der Waals surface area (Å²) in [6, 6.07) is 0. The molecule has 0 aliphatic rings. The molecule has 107 valence electrons. The normalized spacial score (nSPS) is 11.6. The van der Waals surface area contributed by atoms with Crippen LogP contribution in [0.1, 0.15) is 64.2 Å². The molecule has 0 saturated carbocycles. The van der Waals surface area contributed by atoms with Gasteiger partial charge in [-0.2, -0.15) is 8.42 Å². The third-order valence-corrected chi connectivity index (χ3v) is 3.32. The molecule has 0 fully saturated rings. The van der Waals surface area contributed by atoms with Crippen LogP contribution in [0.4, 0.5) is 0 Å². The van der Waals surface area contributed by atoms with Crippen molar-refractivity contribution in [2.24, 2.45) is 0 Å². The lowest BCUT2D eigenvalue weighted by Gasteiger charge is -2.02. The fourth-order valence-electron chi connectivity index (χ4n) is 1.75. The van der Waals surface area contributed by atoms with Crippen LogP contribution in [-0.4, -0.2) is 27.6 Å². The Hall–Kier alpha value is -0.420. The largest absolute Gasteiger partial charge is 0.291 e. The van der Waals surface area contributed by atoms with Gasteiger partial charge >= 0.3 is 0 Å². The van der Waals surface area contributed by atoms with Crippen molar-refractivity contribution in [3.8, 4) is 0 Å². The summed E-state index contributed by atoms with van der Waals surface area (Å²) in [5, 5.41) is 0. The molecule has 0 saturated heterocycles. The van der Waals surface area contributed by atoms with Gasteiger partial charge in [0.15, 0.2) is 6.29 Å². The summed E-state index contributed by atoms with van der Waals surface area (Å²) in [5.74, 6) is 0. The third-order valence-electron chi connectivity index (χ3n) is 2.72. The van der Waals surface area contributed by atoms with E-state index >= 15 is 0 Å². The lowest BCUT2D eigenvalue weighted by molar-refractivity contribution is 0.309. The first-order valence-corrected chi connectivity index (χ1v) is 8.57. The minimum Gasteiger partial charge on any atom is -0.291 e. The van der Waals surface area contributed by atoms with Crippen LogP contribution in [0.2, 0.25) is 0 Å². The maximum absolute atomic E-state index is 10.7. The number of unbranched alkanes of at least 4 members (excludes halogenated alkanes) is 9. The van der Waals surface area contributed by atoms with Gasteiger partial charge in [-0.15, -0.1) is 0 Å². The highest BCUT2D eigenvalue weighted by atomic mass is 32.2. The van der Waals surface area contributed by atoms with Gasteiger partial charge < -0.3 is 0 Å². The second-order valence-electron chi connectivity index (χ2n) is 4.60. The molecule has 0 bridgehead atoms. The SMILES string of the molecule is CS(=O)(=O)OCCCCCCCCCCC[C]=O. The molecule has 5 heteroatoms. The molecule has 0 aromatic carbocycles. The van der Waals surface area contributed by atoms with Crippen LogP contribution >= 0.6 is 0 Å². The van der Waals surface area contributed by atoms with Crippen LogP contribution in [0.3, 0.4) is 0 Å². The van der Waals surface area contributed by atoms with Crippen LogP contribution in [-0.2, 0) is 19.1 Å². The Bertz CT molecular complexity index is 285. The maximum Gasteiger partial charge on any atom is 0.264 e. The molecule has 0 unspecified atom stereocenters. The Labute approximate surface area is 111 Å². The Kier molecular flexibility index (Phi) is 11.4. The van der Waals surface area contributed by atoms with Crippen molar-refractivity contribution < 1.29 is 17.4 Å². The molecule has 0 aliphatic heterocycles. The van der Waals surface area contributed by atoms with E-state index in [4.69, 9.17) is 0 Å². The molecule has 0 aromatic heterocycles. The minimum absolute atomic E-state index is 0.307. The maximum atomic E-state index is 10.7. The Morgan fingerprint density at radius 2 is 1.28 bits per heavy atom. The fraction of sp³-hybridized carbons (Fsp3) is 0.923. The lowest BCUT2D eigenvalue weighted by Crippen LogP contribution is -2.03. The average Bonchev–Trinajstić information content (AvgIpc) is 2.29. The van der Waals surface area contributed by atoms with Crippen molar-refractivity contribution in [3.05, 3.63) is 0 Å². The molecule has 0 atom stereocenters. The molecule has 18 heavy (non-hydrogen) atoms. The second kappa shape index (κ2) is 11.7. The summed E-state index contributed by atoms with van der Waals surface area (Å²) in [5.41, 5.74) is 0. The summed E-state index contributed by atoms with van der Waals surface area (Å²) < 4.78 is 26.0. The fourth-order valence-corrected chi connectivity index (χ4v) is 2.17. The van der Waals surface area contributed by atoms with Crippen LogP contribution in [0, 0.1) is 0 Å². The van der Waals surface area contributed by atoms with Crippen LogP contribution in [0.25, 0.3) is 0 Å². The van der Waals surface area contributed by atoms with Crippen LogP contribution < -0.4 is 0 Å². The first-order valence-electron chi connectivity index (χ1n) is 6.75. The van der Waals surface area contributed by atoms with Crippen molar-refractivity contribution >= 4 is 16.4 Å². The zero-order valence-electron chi connectivity index (χ0n) is 11.3. The van der Waals surface area contributed by atoms with Crippen molar-refractivity contribution in [3.63, 3.8) is 0 Å². The molecular formula is C13H25O4S. The lowest BCUT2D eigenvalue weighted by atomic mass is 10.1. The molecule has 4 nitrogen and oxygen atoms in total. The summed E-state index contributed by atoms with van der Waals surface area (Å²) in [6.45, 7) is 0.307. The molecule has 0 spiro atoms. The topological polar surface area (TPSA) is 60.4 Å². The summed E-state index contributed by atoms with van der Waals surface area (Å²) >= 11 is 0. The first kappa shape index (κ1) is 17.6. The first-order chi connectivity index (χ1) is 8.56. The Morgan fingerprint density at radius 3 is 1.72 bits per heavy atom. The van der Waals surface area contributed by atoms with Crippen molar-refractivity contribution in [1.29, 1.82) is 0 Å². The molecule has 0 aromatic rings.